The largest absolute Gasteiger partial charge is 0.381 e. The summed E-state index contributed by atoms with van der Waals surface area (Å²) in [6.07, 6.45) is 2.34. The van der Waals surface area contributed by atoms with E-state index in [1.54, 1.807) is 0 Å². The van der Waals surface area contributed by atoms with Crippen LogP contribution in [0.3, 0.4) is 0 Å². The molecule has 0 amide bonds. The summed E-state index contributed by atoms with van der Waals surface area (Å²) >= 11 is 0. The van der Waals surface area contributed by atoms with E-state index >= 15 is 0 Å². The van der Waals surface area contributed by atoms with E-state index in [0.29, 0.717) is 5.92 Å². The number of nitrogens with zero attached hydrogens (tertiary/aromatic N) is 1. The van der Waals surface area contributed by atoms with Crippen LogP contribution in [-0.4, -0.2) is 43.5 Å². The summed E-state index contributed by atoms with van der Waals surface area (Å²) in [4.78, 5) is 14.9. The molecule has 1 aliphatic rings. The molecule has 0 aromatic heterocycles. The number of Topliss-reactive ketones (excluding diaryl/α,β-unsaturated/α-hetero) is 1. The minimum Gasteiger partial charge on any atom is -0.381 e. The summed E-state index contributed by atoms with van der Waals surface area (Å²) in [6.45, 7) is 8.69. The van der Waals surface area contributed by atoms with Crippen LogP contribution in [0.25, 0.3) is 0 Å². The second-order valence-corrected chi connectivity index (χ2v) is 6.38. The van der Waals surface area contributed by atoms with Crippen LogP contribution in [0.5, 0.6) is 0 Å². The Morgan fingerprint density at radius 2 is 2.19 bits per heavy atom. The van der Waals surface area contributed by atoms with Gasteiger partial charge in [0.1, 0.15) is 0 Å². The van der Waals surface area contributed by atoms with Gasteiger partial charge in [0.05, 0.1) is 12.6 Å². The molecular formula is C18H27NO2. The van der Waals surface area contributed by atoms with Crippen molar-refractivity contribution in [2.45, 2.75) is 39.7 Å². The van der Waals surface area contributed by atoms with E-state index in [2.05, 4.69) is 11.0 Å². The van der Waals surface area contributed by atoms with E-state index in [0.717, 1.165) is 42.9 Å². The smallest absolute Gasteiger partial charge is 0.179 e. The topological polar surface area (TPSA) is 29.5 Å². The average Bonchev–Trinajstić information content (AvgIpc) is 2.49. The number of ketones is 1. The van der Waals surface area contributed by atoms with E-state index in [1.807, 2.05) is 40.0 Å². The maximum absolute atomic E-state index is 12.7. The Morgan fingerprint density at radius 1 is 1.43 bits per heavy atom. The molecule has 1 saturated heterocycles. The highest BCUT2D eigenvalue weighted by molar-refractivity contribution is 6.01. The first-order valence-electron chi connectivity index (χ1n) is 7.88. The third-order valence-corrected chi connectivity index (χ3v) is 4.50. The molecule has 1 fully saturated rings. The standard InChI is InChI=1S/C18H27NO2/c1-13-7-8-14(2)17(10-13)18(20)15(3)19(4)11-16-6-5-9-21-12-16/h7-8,10,15-16H,5-6,9,11-12H2,1-4H3. The fourth-order valence-electron chi connectivity index (χ4n) is 2.94. The van der Waals surface area contributed by atoms with Gasteiger partial charge in [-0.1, -0.05) is 17.7 Å². The molecule has 3 nitrogen and oxygen atoms in total. The number of benzene rings is 1. The van der Waals surface area contributed by atoms with E-state index in [9.17, 15) is 4.79 Å². The van der Waals surface area contributed by atoms with Crippen molar-refractivity contribution in [3.8, 4) is 0 Å². The van der Waals surface area contributed by atoms with Gasteiger partial charge in [0.2, 0.25) is 0 Å². The molecule has 1 aliphatic heterocycles. The highest BCUT2D eigenvalue weighted by Crippen LogP contribution is 2.18. The average molecular weight is 289 g/mol. The zero-order valence-electron chi connectivity index (χ0n) is 13.7. The number of carbonyl (C=O) groups is 1. The quantitative estimate of drug-likeness (QED) is 0.779. The molecule has 1 aromatic rings. The molecule has 0 radical (unpaired) electrons. The summed E-state index contributed by atoms with van der Waals surface area (Å²) in [7, 11) is 2.04. The lowest BCUT2D eigenvalue weighted by Gasteiger charge is -2.30. The number of aryl methyl sites for hydroxylation is 2. The highest BCUT2D eigenvalue weighted by atomic mass is 16.5. The molecule has 0 spiro atoms. The van der Waals surface area contributed by atoms with Crippen molar-refractivity contribution < 1.29 is 9.53 Å². The Morgan fingerprint density at radius 3 is 2.86 bits per heavy atom. The Bertz CT molecular complexity index is 492. The first-order valence-corrected chi connectivity index (χ1v) is 7.88. The molecule has 2 rings (SSSR count). The highest BCUT2D eigenvalue weighted by Gasteiger charge is 2.24. The van der Waals surface area contributed by atoms with E-state index in [1.165, 1.54) is 6.42 Å². The number of rotatable bonds is 5. The summed E-state index contributed by atoms with van der Waals surface area (Å²) in [5.74, 6) is 0.771. The summed E-state index contributed by atoms with van der Waals surface area (Å²) in [5.41, 5.74) is 3.06. The van der Waals surface area contributed by atoms with Gasteiger partial charge in [0.25, 0.3) is 0 Å². The Kier molecular flexibility index (Phi) is 5.54. The third-order valence-electron chi connectivity index (χ3n) is 4.50. The third kappa shape index (κ3) is 4.14. The monoisotopic (exact) mass is 289 g/mol. The first kappa shape index (κ1) is 16.2. The van der Waals surface area contributed by atoms with Gasteiger partial charge in [-0.25, -0.2) is 0 Å². The van der Waals surface area contributed by atoms with Crippen molar-refractivity contribution in [1.82, 2.24) is 4.90 Å². The molecule has 0 N–H and O–H groups in total. The lowest BCUT2D eigenvalue weighted by Crippen LogP contribution is -2.41. The lowest BCUT2D eigenvalue weighted by molar-refractivity contribution is 0.0364. The number of hydrogen-bond donors (Lipinski definition) is 0. The van der Waals surface area contributed by atoms with Crippen molar-refractivity contribution in [2.24, 2.45) is 5.92 Å². The predicted octanol–water partition coefficient (Wildman–Crippen LogP) is 3.23. The molecule has 0 aliphatic carbocycles. The Labute approximate surface area is 128 Å². The molecule has 2 unspecified atom stereocenters. The van der Waals surface area contributed by atoms with Crippen LogP contribution in [0.4, 0.5) is 0 Å². The Balaban J connectivity index is 2.02. The second-order valence-electron chi connectivity index (χ2n) is 6.38. The van der Waals surface area contributed by atoms with Crippen molar-refractivity contribution in [3.63, 3.8) is 0 Å². The van der Waals surface area contributed by atoms with Crippen molar-refractivity contribution in [1.29, 1.82) is 0 Å². The summed E-state index contributed by atoms with van der Waals surface area (Å²) < 4.78 is 5.53. The van der Waals surface area contributed by atoms with Crippen molar-refractivity contribution in [2.75, 3.05) is 26.8 Å². The van der Waals surface area contributed by atoms with Gasteiger partial charge in [-0.15, -0.1) is 0 Å². The molecule has 1 aromatic carbocycles. The van der Waals surface area contributed by atoms with Gasteiger partial charge in [-0.3, -0.25) is 9.69 Å². The number of carbonyl (C=O) groups excluding carboxylic acids is 1. The zero-order valence-corrected chi connectivity index (χ0v) is 13.7. The molecule has 0 saturated carbocycles. The van der Waals surface area contributed by atoms with Crippen LogP contribution in [0.1, 0.15) is 41.3 Å². The van der Waals surface area contributed by atoms with Gasteiger partial charge >= 0.3 is 0 Å². The van der Waals surface area contributed by atoms with Crippen LogP contribution in [0.2, 0.25) is 0 Å². The molecular weight excluding hydrogens is 262 g/mol. The van der Waals surface area contributed by atoms with Crippen LogP contribution in [0.15, 0.2) is 18.2 Å². The van der Waals surface area contributed by atoms with Crippen LogP contribution >= 0.6 is 0 Å². The second kappa shape index (κ2) is 7.19. The summed E-state index contributed by atoms with van der Waals surface area (Å²) in [6, 6.07) is 6.00. The van der Waals surface area contributed by atoms with Crippen molar-refractivity contribution in [3.05, 3.63) is 34.9 Å². The zero-order chi connectivity index (χ0) is 15.4. The normalized spacial score (nSPS) is 20.5. The van der Waals surface area contributed by atoms with Crippen molar-refractivity contribution >= 4 is 5.78 Å². The van der Waals surface area contributed by atoms with Gasteiger partial charge in [-0.05, 0) is 58.2 Å². The Hall–Kier alpha value is -1.19. The minimum absolute atomic E-state index is 0.0903. The minimum atomic E-state index is -0.0903. The van der Waals surface area contributed by atoms with Crippen LogP contribution < -0.4 is 0 Å². The number of likely N-dealkylation sites (N-methyl/N-ethyl adjacent to an activating group) is 1. The fourth-order valence-corrected chi connectivity index (χ4v) is 2.94. The van der Waals surface area contributed by atoms with Gasteiger partial charge < -0.3 is 4.74 Å². The van der Waals surface area contributed by atoms with Crippen LogP contribution in [0, 0.1) is 19.8 Å². The molecule has 3 heteroatoms. The molecule has 1 heterocycles. The van der Waals surface area contributed by atoms with Crippen LogP contribution in [-0.2, 0) is 4.74 Å². The first-order chi connectivity index (χ1) is 9.99. The molecule has 21 heavy (non-hydrogen) atoms. The maximum atomic E-state index is 12.7. The summed E-state index contributed by atoms with van der Waals surface area (Å²) in [5, 5.41) is 0. The fraction of sp³-hybridized carbons (Fsp3) is 0.611. The van der Waals surface area contributed by atoms with Gasteiger partial charge in [-0.2, -0.15) is 0 Å². The van der Waals surface area contributed by atoms with E-state index in [-0.39, 0.29) is 11.8 Å². The van der Waals surface area contributed by atoms with Gasteiger partial charge in [0.15, 0.2) is 5.78 Å². The predicted molar refractivity (Wildman–Crippen MR) is 85.9 cm³/mol. The molecule has 0 bridgehead atoms. The number of ether oxygens (including phenoxy) is 1. The van der Waals surface area contributed by atoms with E-state index in [4.69, 9.17) is 4.74 Å². The van der Waals surface area contributed by atoms with E-state index < -0.39 is 0 Å². The number of hydrogen-bond acceptors (Lipinski definition) is 3. The lowest BCUT2D eigenvalue weighted by atomic mass is 9.96. The SMILES string of the molecule is Cc1ccc(C)c(C(=O)C(C)N(C)CC2CCCOC2)c1. The molecule has 2 atom stereocenters. The maximum Gasteiger partial charge on any atom is 0.179 e. The van der Waals surface area contributed by atoms with Gasteiger partial charge in [0, 0.05) is 18.7 Å². The molecule has 116 valence electrons.